The number of carbonyl (C=O) groups excluding carboxylic acids is 3. The van der Waals surface area contributed by atoms with Gasteiger partial charge in [0, 0.05) is 19.3 Å². The van der Waals surface area contributed by atoms with Crippen LogP contribution >= 0.6 is 0 Å². The van der Waals surface area contributed by atoms with E-state index in [1.54, 1.807) is 0 Å². The predicted molar refractivity (Wildman–Crippen MR) is 353 cm³/mol. The molecular formula is C75H142O6. The van der Waals surface area contributed by atoms with E-state index in [1.165, 1.54) is 315 Å². The van der Waals surface area contributed by atoms with Crippen molar-refractivity contribution in [1.82, 2.24) is 0 Å². The molecule has 0 fully saturated rings. The number of ether oxygens (including phenoxy) is 3. The largest absolute Gasteiger partial charge is 0.462 e. The molecule has 6 heteroatoms. The van der Waals surface area contributed by atoms with Gasteiger partial charge in [-0.1, -0.05) is 353 Å². The lowest BCUT2D eigenvalue weighted by Gasteiger charge is -2.18. The van der Waals surface area contributed by atoms with Crippen molar-refractivity contribution >= 4 is 17.9 Å². The minimum atomic E-state index is -0.773. The molecule has 0 saturated carbocycles. The summed E-state index contributed by atoms with van der Waals surface area (Å²) in [5.74, 6) is -0.846. The van der Waals surface area contributed by atoms with Crippen LogP contribution in [0.5, 0.6) is 0 Å². The van der Waals surface area contributed by atoms with Gasteiger partial charge >= 0.3 is 17.9 Å². The van der Waals surface area contributed by atoms with Gasteiger partial charge in [-0.25, -0.2) is 0 Å². The molecule has 81 heavy (non-hydrogen) atoms. The van der Waals surface area contributed by atoms with E-state index in [-0.39, 0.29) is 31.1 Å². The molecule has 0 rings (SSSR count). The van der Waals surface area contributed by atoms with Gasteiger partial charge < -0.3 is 14.2 Å². The van der Waals surface area contributed by atoms with Crippen LogP contribution in [-0.4, -0.2) is 37.2 Å². The number of carbonyl (C=O) groups is 3. The van der Waals surface area contributed by atoms with Crippen molar-refractivity contribution in [2.24, 2.45) is 0 Å². The Morgan fingerprint density at radius 1 is 0.235 bits per heavy atom. The molecule has 0 spiro atoms. The molecule has 0 radical (unpaired) electrons. The van der Waals surface area contributed by atoms with Crippen LogP contribution in [0.2, 0.25) is 0 Å². The van der Waals surface area contributed by atoms with E-state index in [4.69, 9.17) is 14.2 Å². The summed E-state index contributed by atoms with van der Waals surface area (Å²) in [5.41, 5.74) is 0. The summed E-state index contributed by atoms with van der Waals surface area (Å²) >= 11 is 0. The van der Waals surface area contributed by atoms with Crippen LogP contribution in [0.1, 0.15) is 419 Å². The maximum Gasteiger partial charge on any atom is 0.306 e. The van der Waals surface area contributed by atoms with Gasteiger partial charge in [-0.15, -0.1) is 0 Å². The Bertz CT molecular complexity index is 1310. The van der Waals surface area contributed by atoms with Crippen LogP contribution < -0.4 is 0 Å². The average molecular weight is 1140 g/mol. The normalized spacial score (nSPS) is 12.1. The zero-order valence-electron chi connectivity index (χ0n) is 55.1. The van der Waals surface area contributed by atoms with Crippen molar-refractivity contribution in [3.63, 3.8) is 0 Å². The molecule has 1 unspecified atom stereocenters. The molecule has 0 amide bonds. The third kappa shape index (κ3) is 68.6. The number of rotatable bonds is 69. The Hall–Kier alpha value is -2.11. The van der Waals surface area contributed by atoms with E-state index >= 15 is 0 Å². The first-order valence-electron chi connectivity index (χ1n) is 36.8. The van der Waals surface area contributed by atoms with Crippen molar-refractivity contribution < 1.29 is 28.6 Å². The molecule has 1 atom stereocenters. The minimum Gasteiger partial charge on any atom is -0.462 e. The zero-order chi connectivity index (χ0) is 58.5. The van der Waals surface area contributed by atoms with Crippen LogP contribution in [0.3, 0.4) is 0 Å². The summed E-state index contributed by atoms with van der Waals surface area (Å²) in [6.07, 6.45) is 86.5. The molecule has 6 nitrogen and oxygen atoms in total. The first-order valence-corrected chi connectivity index (χ1v) is 36.8. The molecule has 0 aliphatic carbocycles. The fourth-order valence-electron chi connectivity index (χ4n) is 11.4. The molecule has 0 aliphatic rings. The highest BCUT2D eigenvalue weighted by Crippen LogP contribution is 2.19. The SMILES string of the molecule is CCCCCC/C=C\CCCCCCCC(=O)OCC(COC(=O)CCCCCCCCCCCCCCCCCCCCCCCCCCCCC)OC(=O)CCCCCCCCCCCCC/C=C\CCCCCCCCCC. The summed E-state index contributed by atoms with van der Waals surface area (Å²) in [7, 11) is 0. The van der Waals surface area contributed by atoms with Crippen LogP contribution in [0.25, 0.3) is 0 Å². The molecule has 0 heterocycles. The van der Waals surface area contributed by atoms with Crippen molar-refractivity contribution in [3.05, 3.63) is 24.3 Å². The fraction of sp³-hybridized carbons (Fsp3) is 0.907. The van der Waals surface area contributed by atoms with Crippen LogP contribution in [0.15, 0.2) is 24.3 Å². The molecule has 0 aromatic carbocycles. The van der Waals surface area contributed by atoms with Gasteiger partial charge in [0.2, 0.25) is 0 Å². The Morgan fingerprint density at radius 3 is 0.630 bits per heavy atom. The third-order valence-electron chi connectivity index (χ3n) is 16.9. The van der Waals surface area contributed by atoms with Crippen molar-refractivity contribution in [1.29, 1.82) is 0 Å². The number of esters is 3. The lowest BCUT2D eigenvalue weighted by atomic mass is 10.0. The molecule has 0 N–H and O–H groups in total. The number of unbranched alkanes of at least 4 members (excludes halogenated alkanes) is 54. The van der Waals surface area contributed by atoms with E-state index in [1.807, 2.05) is 0 Å². The highest BCUT2D eigenvalue weighted by atomic mass is 16.6. The van der Waals surface area contributed by atoms with E-state index in [0.29, 0.717) is 19.3 Å². The summed E-state index contributed by atoms with van der Waals surface area (Å²) in [5, 5.41) is 0. The Morgan fingerprint density at radius 2 is 0.407 bits per heavy atom. The van der Waals surface area contributed by atoms with Crippen molar-refractivity contribution in [3.8, 4) is 0 Å². The van der Waals surface area contributed by atoms with E-state index < -0.39 is 6.10 Å². The number of hydrogen-bond donors (Lipinski definition) is 0. The highest BCUT2D eigenvalue weighted by molar-refractivity contribution is 5.71. The lowest BCUT2D eigenvalue weighted by molar-refractivity contribution is -0.167. The zero-order valence-corrected chi connectivity index (χ0v) is 55.1. The van der Waals surface area contributed by atoms with Crippen molar-refractivity contribution in [2.45, 2.75) is 425 Å². The maximum atomic E-state index is 13.0. The average Bonchev–Trinajstić information content (AvgIpc) is 3.46. The number of hydrogen-bond acceptors (Lipinski definition) is 6. The van der Waals surface area contributed by atoms with Gasteiger partial charge in [0.05, 0.1) is 0 Å². The lowest BCUT2D eigenvalue weighted by Crippen LogP contribution is -2.30. The Balaban J connectivity index is 4.19. The van der Waals surface area contributed by atoms with Gasteiger partial charge in [-0.05, 0) is 70.6 Å². The Kier molecular flexibility index (Phi) is 68.5. The van der Waals surface area contributed by atoms with Gasteiger partial charge in [0.15, 0.2) is 6.10 Å². The van der Waals surface area contributed by atoms with Gasteiger partial charge in [0.25, 0.3) is 0 Å². The molecule has 0 bridgehead atoms. The van der Waals surface area contributed by atoms with E-state index in [0.717, 1.165) is 64.2 Å². The quantitative estimate of drug-likeness (QED) is 0.0261. The number of allylic oxidation sites excluding steroid dienone is 4. The molecule has 0 saturated heterocycles. The summed E-state index contributed by atoms with van der Waals surface area (Å²) in [4.78, 5) is 38.4. The van der Waals surface area contributed by atoms with Crippen LogP contribution in [0.4, 0.5) is 0 Å². The van der Waals surface area contributed by atoms with Crippen molar-refractivity contribution in [2.75, 3.05) is 13.2 Å². The van der Waals surface area contributed by atoms with Crippen LogP contribution in [0, 0.1) is 0 Å². The predicted octanol–water partition coefficient (Wildman–Crippen LogP) is 25.3. The molecule has 0 aromatic rings. The monoisotopic (exact) mass is 1140 g/mol. The molecule has 478 valence electrons. The standard InChI is InChI=1S/C75H142O6/c1-4-7-10-13-16-19-22-25-27-29-31-33-35-36-37-38-40-41-43-45-47-50-53-56-59-62-65-68-74(77)80-71-72(70-79-73(76)67-64-61-58-55-52-49-24-21-18-15-12-9-6-3)81-75(78)69-66-63-60-57-54-51-48-46-44-42-39-34-32-30-28-26-23-20-17-14-11-8-5-2/h21,24,30,32,72H,4-20,22-23,25-29,31,33-71H2,1-3H3/b24-21-,32-30-. The first-order chi connectivity index (χ1) is 40.0. The molecular weight excluding hydrogens is 997 g/mol. The fourth-order valence-corrected chi connectivity index (χ4v) is 11.4. The molecule has 0 aliphatic heterocycles. The second kappa shape index (κ2) is 70.4. The van der Waals surface area contributed by atoms with Gasteiger partial charge in [0.1, 0.15) is 13.2 Å². The van der Waals surface area contributed by atoms with E-state index in [2.05, 4.69) is 45.1 Å². The first kappa shape index (κ1) is 78.9. The third-order valence-corrected chi connectivity index (χ3v) is 16.9. The second-order valence-corrected chi connectivity index (χ2v) is 25.2. The summed E-state index contributed by atoms with van der Waals surface area (Å²) < 4.78 is 17.0. The summed E-state index contributed by atoms with van der Waals surface area (Å²) in [6, 6.07) is 0. The highest BCUT2D eigenvalue weighted by Gasteiger charge is 2.19. The Labute approximate surface area is 506 Å². The molecule has 0 aromatic heterocycles. The van der Waals surface area contributed by atoms with Gasteiger partial charge in [-0.2, -0.15) is 0 Å². The van der Waals surface area contributed by atoms with E-state index in [9.17, 15) is 14.4 Å². The maximum absolute atomic E-state index is 13.0. The summed E-state index contributed by atoms with van der Waals surface area (Å²) in [6.45, 7) is 6.70. The van der Waals surface area contributed by atoms with Gasteiger partial charge in [-0.3, -0.25) is 14.4 Å². The van der Waals surface area contributed by atoms with Crippen LogP contribution in [-0.2, 0) is 28.6 Å². The second-order valence-electron chi connectivity index (χ2n) is 25.2. The topological polar surface area (TPSA) is 78.9 Å². The minimum absolute atomic E-state index is 0.0685. The smallest absolute Gasteiger partial charge is 0.306 e.